The fourth-order valence-corrected chi connectivity index (χ4v) is 2.84. The number of ether oxygens (including phenoxy) is 2. The van der Waals surface area contributed by atoms with E-state index in [4.69, 9.17) is 9.47 Å². The summed E-state index contributed by atoms with van der Waals surface area (Å²) in [6, 6.07) is 7.83. The number of carbonyl (C=O) groups excluding carboxylic acids is 3. The van der Waals surface area contributed by atoms with Crippen molar-refractivity contribution in [3.8, 4) is 0 Å². The molecule has 168 valence electrons. The van der Waals surface area contributed by atoms with E-state index in [9.17, 15) is 14.4 Å². The van der Waals surface area contributed by atoms with Crippen LogP contribution in [0.5, 0.6) is 0 Å². The van der Waals surface area contributed by atoms with Gasteiger partial charge in [-0.15, -0.1) is 0 Å². The van der Waals surface area contributed by atoms with Gasteiger partial charge in [-0.25, -0.2) is 0 Å². The minimum Gasteiger partial charge on any atom is -0.379 e. The van der Waals surface area contributed by atoms with Crippen LogP contribution in [-0.2, 0) is 25.5 Å². The molecule has 6 nitrogen and oxygen atoms in total. The molecule has 0 fully saturated rings. The molecule has 1 aromatic rings. The second kappa shape index (κ2) is 16.7. The zero-order valence-corrected chi connectivity index (χ0v) is 18.5. The predicted molar refractivity (Wildman–Crippen MR) is 118 cm³/mol. The van der Waals surface area contributed by atoms with E-state index < -0.39 is 0 Å². The highest BCUT2D eigenvalue weighted by molar-refractivity contribution is 5.96. The summed E-state index contributed by atoms with van der Waals surface area (Å²) in [6.45, 7) is 5.71. The van der Waals surface area contributed by atoms with Crippen molar-refractivity contribution in [2.75, 3.05) is 33.0 Å². The van der Waals surface area contributed by atoms with Crippen LogP contribution in [-0.4, -0.2) is 50.4 Å². The monoisotopic (exact) mass is 419 g/mol. The summed E-state index contributed by atoms with van der Waals surface area (Å²) in [4.78, 5) is 35.1. The van der Waals surface area contributed by atoms with Crippen LogP contribution in [0.15, 0.2) is 24.3 Å². The number of aryl methyl sites for hydroxylation is 1. The first-order valence-corrected chi connectivity index (χ1v) is 11.1. The van der Waals surface area contributed by atoms with Crippen molar-refractivity contribution in [2.24, 2.45) is 0 Å². The summed E-state index contributed by atoms with van der Waals surface area (Å²) in [7, 11) is 0. The Hall–Kier alpha value is -2.05. The minimum absolute atomic E-state index is 0.0230. The lowest BCUT2D eigenvalue weighted by molar-refractivity contribution is -0.126. The Balaban J connectivity index is 2.02. The molecule has 0 aliphatic heterocycles. The summed E-state index contributed by atoms with van der Waals surface area (Å²) in [5.74, 6) is 0.144. The van der Waals surface area contributed by atoms with Gasteiger partial charge in [0, 0.05) is 38.0 Å². The number of nitrogens with one attached hydrogen (secondary N) is 1. The number of Topliss-reactive ketones (excluding diaryl/α,β-unsaturated/α-hetero) is 2. The lowest BCUT2D eigenvalue weighted by Crippen LogP contribution is -2.29. The Labute approximate surface area is 180 Å². The van der Waals surface area contributed by atoms with Gasteiger partial charge in [0.05, 0.1) is 13.2 Å². The van der Waals surface area contributed by atoms with Crippen molar-refractivity contribution >= 4 is 17.5 Å². The second-order valence-electron chi connectivity index (χ2n) is 7.34. The highest BCUT2D eigenvalue weighted by Crippen LogP contribution is 2.10. The number of rotatable bonds is 18. The third kappa shape index (κ3) is 12.5. The molecule has 0 unspecified atom stereocenters. The first-order chi connectivity index (χ1) is 14.6. The SMILES string of the molecule is CCCCc1ccc(C(=O)CCCNC(=O)COCCOCCCC(=O)CC)cc1. The number of hydrogen-bond acceptors (Lipinski definition) is 5. The fraction of sp³-hybridized carbons (Fsp3) is 0.625. The van der Waals surface area contributed by atoms with Crippen molar-refractivity contribution in [3.63, 3.8) is 0 Å². The van der Waals surface area contributed by atoms with Crippen molar-refractivity contribution in [3.05, 3.63) is 35.4 Å². The topological polar surface area (TPSA) is 81.7 Å². The van der Waals surface area contributed by atoms with E-state index in [0.29, 0.717) is 52.0 Å². The summed E-state index contributed by atoms with van der Waals surface area (Å²) >= 11 is 0. The predicted octanol–water partition coefficient (Wildman–Crippen LogP) is 3.90. The summed E-state index contributed by atoms with van der Waals surface area (Å²) in [6.07, 6.45) is 6.20. The summed E-state index contributed by atoms with van der Waals surface area (Å²) in [5.41, 5.74) is 1.99. The van der Waals surface area contributed by atoms with Gasteiger partial charge in [-0.05, 0) is 31.2 Å². The van der Waals surface area contributed by atoms with Crippen LogP contribution in [0.3, 0.4) is 0 Å². The Morgan fingerprint density at radius 2 is 1.60 bits per heavy atom. The maximum Gasteiger partial charge on any atom is 0.245 e. The van der Waals surface area contributed by atoms with Gasteiger partial charge < -0.3 is 14.8 Å². The normalized spacial score (nSPS) is 10.7. The smallest absolute Gasteiger partial charge is 0.245 e. The highest BCUT2D eigenvalue weighted by atomic mass is 16.5. The van der Waals surface area contributed by atoms with Gasteiger partial charge in [-0.2, -0.15) is 0 Å². The lowest BCUT2D eigenvalue weighted by Gasteiger charge is -2.07. The van der Waals surface area contributed by atoms with Gasteiger partial charge in [-0.3, -0.25) is 14.4 Å². The van der Waals surface area contributed by atoms with E-state index in [1.54, 1.807) is 0 Å². The van der Waals surface area contributed by atoms with Crippen LogP contribution in [0.2, 0.25) is 0 Å². The summed E-state index contributed by atoms with van der Waals surface area (Å²) < 4.78 is 10.6. The van der Waals surface area contributed by atoms with E-state index in [0.717, 1.165) is 31.2 Å². The minimum atomic E-state index is -0.198. The molecule has 0 saturated heterocycles. The van der Waals surface area contributed by atoms with Gasteiger partial charge in [0.2, 0.25) is 5.91 Å². The van der Waals surface area contributed by atoms with Gasteiger partial charge >= 0.3 is 0 Å². The third-order valence-electron chi connectivity index (χ3n) is 4.74. The molecule has 1 rings (SSSR count). The van der Waals surface area contributed by atoms with Crippen LogP contribution < -0.4 is 5.32 Å². The number of benzene rings is 1. The molecule has 1 aromatic carbocycles. The van der Waals surface area contributed by atoms with Crippen molar-refractivity contribution < 1.29 is 23.9 Å². The third-order valence-corrected chi connectivity index (χ3v) is 4.74. The van der Waals surface area contributed by atoms with Crippen LogP contribution in [0, 0.1) is 0 Å². The Morgan fingerprint density at radius 1 is 0.867 bits per heavy atom. The van der Waals surface area contributed by atoms with E-state index >= 15 is 0 Å². The molecule has 0 aliphatic rings. The zero-order chi connectivity index (χ0) is 22.0. The highest BCUT2D eigenvalue weighted by Gasteiger charge is 2.07. The first kappa shape index (κ1) is 26.0. The largest absolute Gasteiger partial charge is 0.379 e. The number of hydrogen-bond donors (Lipinski definition) is 1. The molecule has 0 spiro atoms. The van der Waals surface area contributed by atoms with Crippen molar-refractivity contribution in [2.45, 2.75) is 65.2 Å². The Morgan fingerprint density at radius 3 is 2.30 bits per heavy atom. The van der Waals surface area contributed by atoms with Crippen LogP contribution >= 0.6 is 0 Å². The molecule has 30 heavy (non-hydrogen) atoms. The second-order valence-corrected chi connectivity index (χ2v) is 7.34. The van der Waals surface area contributed by atoms with Gasteiger partial charge in [0.15, 0.2) is 5.78 Å². The van der Waals surface area contributed by atoms with Crippen LogP contribution in [0.4, 0.5) is 0 Å². The van der Waals surface area contributed by atoms with E-state index in [1.165, 1.54) is 5.56 Å². The number of carbonyl (C=O) groups is 3. The molecule has 0 radical (unpaired) electrons. The number of unbranched alkanes of at least 4 members (excludes halogenated alkanes) is 1. The van der Waals surface area contributed by atoms with Gasteiger partial charge in [0.25, 0.3) is 0 Å². The zero-order valence-electron chi connectivity index (χ0n) is 18.5. The molecule has 0 aliphatic carbocycles. The number of ketones is 2. The van der Waals surface area contributed by atoms with Crippen LogP contribution in [0.25, 0.3) is 0 Å². The number of amides is 1. The molecule has 0 saturated carbocycles. The average Bonchev–Trinajstić information content (AvgIpc) is 2.77. The van der Waals surface area contributed by atoms with Gasteiger partial charge in [0.1, 0.15) is 12.4 Å². The molecule has 0 atom stereocenters. The van der Waals surface area contributed by atoms with Gasteiger partial charge in [-0.1, -0.05) is 44.5 Å². The van der Waals surface area contributed by atoms with E-state index in [2.05, 4.69) is 12.2 Å². The van der Waals surface area contributed by atoms with Crippen molar-refractivity contribution in [1.29, 1.82) is 0 Å². The van der Waals surface area contributed by atoms with E-state index in [-0.39, 0.29) is 24.1 Å². The standard InChI is InChI=1S/C24H37NO5/c1-3-5-8-20-11-13-21(14-12-20)23(27)10-6-15-25-24(28)19-30-18-17-29-16-7-9-22(26)4-2/h11-14H,3-10,15-19H2,1-2H3,(H,25,28). The molecule has 0 bridgehead atoms. The molecular formula is C24H37NO5. The Kier molecular flexibility index (Phi) is 14.5. The molecule has 0 heterocycles. The summed E-state index contributed by atoms with van der Waals surface area (Å²) in [5, 5.41) is 2.76. The molecule has 1 amide bonds. The van der Waals surface area contributed by atoms with Crippen LogP contribution in [0.1, 0.15) is 74.7 Å². The van der Waals surface area contributed by atoms with Crippen molar-refractivity contribution in [1.82, 2.24) is 5.32 Å². The quantitative estimate of drug-likeness (QED) is 0.288. The Bertz CT molecular complexity index is 627. The fourth-order valence-electron chi connectivity index (χ4n) is 2.84. The first-order valence-electron chi connectivity index (χ1n) is 11.1. The average molecular weight is 420 g/mol. The molecular weight excluding hydrogens is 382 g/mol. The lowest BCUT2D eigenvalue weighted by atomic mass is 10.0. The van der Waals surface area contributed by atoms with E-state index in [1.807, 2.05) is 31.2 Å². The maximum atomic E-state index is 12.2. The molecule has 6 heteroatoms. The molecule has 0 aromatic heterocycles. The maximum absolute atomic E-state index is 12.2. The molecule has 1 N–H and O–H groups in total.